The van der Waals surface area contributed by atoms with E-state index >= 15 is 0 Å². The number of hydrogen-bond acceptors (Lipinski definition) is 5. The Balaban J connectivity index is 1.47. The molecule has 4 rings (SSSR count). The molecule has 134 valence electrons. The number of nitrogens with zero attached hydrogens (tertiary/aromatic N) is 3. The maximum Gasteiger partial charge on any atom is 0.335 e. The zero-order chi connectivity index (χ0) is 18.6. The minimum atomic E-state index is -0.996. The van der Waals surface area contributed by atoms with E-state index in [0.29, 0.717) is 23.9 Å². The fraction of sp³-hybridized carbons (Fsp3) is 0.100. The van der Waals surface area contributed by atoms with E-state index < -0.39 is 5.97 Å². The highest BCUT2D eigenvalue weighted by Gasteiger charge is 2.08. The van der Waals surface area contributed by atoms with E-state index in [-0.39, 0.29) is 5.56 Å². The van der Waals surface area contributed by atoms with Crippen LogP contribution in [0.4, 0.5) is 5.95 Å². The minimum Gasteiger partial charge on any atom is -0.478 e. The quantitative estimate of drug-likeness (QED) is 0.488. The standard InChI is InChI=1S/C20H17N5O2/c26-19(27)13-5-8-21-18(11-13)17-7-10-23-20(25-17)22-9-6-14-12-24-16-4-2-1-3-15(14)16/h1-5,7-8,10-12,24H,6,9H2,(H,26,27)(H,22,23,25). The monoisotopic (exact) mass is 359 g/mol. The Morgan fingerprint density at radius 1 is 1.07 bits per heavy atom. The van der Waals surface area contributed by atoms with Gasteiger partial charge in [0.2, 0.25) is 5.95 Å². The molecule has 3 aromatic heterocycles. The highest BCUT2D eigenvalue weighted by Crippen LogP contribution is 2.19. The topological polar surface area (TPSA) is 104 Å². The molecular weight excluding hydrogens is 342 g/mol. The Labute approximate surface area is 155 Å². The molecule has 0 aliphatic carbocycles. The van der Waals surface area contributed by atoms with Gasteiger partial charge in [0.1, 0.15) is 0 Å². The highest BCUT2D eigenvalue weighted by molar-refractivity contribution is 5.88. The largest absolute Gasteiger partial charge is 0.478 e. The van der Waals surface area contributed by atoms with Crippen LogP contribution in [0.2, 0.25) is 0 Å². The highest BCUT2D eigenvalue weighted by atomic mass is 16.4. The number of pyridine rings is 1. The molecule has 4 aromatic rings. The summed E-state index contributed by atoms with van der Waals surface area (Å²) in [5.41, 5.74) is 3.59. The maximum atomic E-state index is 11.1. The third-order valence-electron chi connectivity index (χ3n) is 4.28. The van der Waals surface area contributed by atoms with Crippen molar-refractivity contribution in [1.29, 1.82) is 0 Å². The number of hydrogen-bond donors (Lipinski definition) is 3. The van der Waals surface area contributed by atoms with Crippen LogP contribution in [0.15, 0.2) is 61.1 Å². The van der Waals surface area contributed by atoms with Gasteiger partial charge < -0.3 is 15.4 Å². The van der Waals surface area contributed by atoms with E-state index in [2.05, 4.69) is 37.4 Å². The van der Waals surface area contributed by atoms with Crippen LogP contribution in [0.1, 0.15) is 15.9 Å². The molecule has 0 fully saturated rings. The lowest BCUT2D eigenvalue weighted by Gasteiger charge is -2.06. The van der Waals surface area contributed by atoms with Crippen molar-refractivity contribution in [3.63, 3.8) is 0 Å². The number of aromatic carboxylic acids is 1. The fourth-order valence-corrected chi connectivity index (χ4v) is 2.94. The first-order valence-corrected chi connectivity index (χ1v) is 8.52. The van der Waals surface area contributed by atoms with Gasteiger partial charge in [-0.05, 0) is 36.2 Å². The summed E-state index contributed by atoms with van der Waals surface area (Å²) < 4.78 is 0. The molecule has 1 aromatic carbocycles. The van der Waals surface area contributed by atoms with Gasteiger partial charge in [0.05, 0.1) is 17.0 Å². The number of rotatable bonds is 6. The number of H-pyrrole nitrogens is 1. The van der Waals surface area contributed by atoms with Gasteiger partial charge in [0.25, 0.3) is 0 Å². The van der Waals surface area contributed by atoms with Crippen LogP contribution in [0.25, 0.3) is 22.3 Å². The minimum absolute atomic E-state index is 0.174. The summed E-state index contributed by atoms with van der Waals surface area (Å²) in [6.45, 7) is 0.674. The number of carboxylic acid groups (broad SMARTS) is 1. The number of carbonyl (C=O) groups is 1. The number of aromatic amines is 1. The SMILES string of the molecule is O=C(O)c1ccnc(-c2ccnc(NCCc3c[nH]c4ccccc34)n2)c1. The molecule has 0 amide bonds. The van der Waals surface area contributed by atoms with Crippen LogP contribution in [0, 0.1) is 0 Å². The van der Waals surface area contributed by atoms with Crippen molar-refractivity contribution in [2.75, 3.05) is 11.9 Å². The average Bonchev–Trinajstić information content (AvgIpc) is 3.12. The first-order chi connectivity index (χ1) is 13.2. The Bertz CT molecular complexity index is 1110. The van der Waals surface area contributed by atoms with Gasteiger partial charge in [-0.25, -0.2) is 14.8 Å². The van der Waals surface area contributed by atoms with Crippen molar-refractivity contribution in [2.45, 2.75) is 6.42 Å². The van der Waals surface area contributed by atoms with Crippen molar-refractivity contribution in [3.8, 4) is 11.4 Å². The summed E-state index contributed by atoms with van der Waals surface area (Å²) in [4.78, 5) is 27.3. The molecule has 0 unspecified atom stereocenters. The van der Waals surface area contributed by atoms with Crippen LogP contribution in [0.3, 0.4) is 0 Å². The molecule has 0 bridgehead atoms. The van der Waals surface area contributed by atoms with Gasteiger partial charge in [-0.3, -0.25) is 4.98 Å². The molecule has 3 heterocycles. The predicted molar refractivity (Wildman–Crippen MR) is 103 cm³/mol. The Morgan fingerprint density at radius 3 is 2.81 bits per heavy atom. The average molecular weight is 359 g/mol. The number of anilines is 1. The summed E-state index contributed by atoms with van der Waals surface area (Å²) in [5, 5.41) is 13.5. The third kappa shape index (κ3) is 3.62. The van der Waals surface area contributed by atoms with E-state index in [1.807, 2.05) is 18.3 Å². The van der Waals surface area contributed by atoms with Crippen molar-refractivity contribution < 1.29 is 9.90 Å². The second-order valence-electron chi connectivity index (χ2n) is 6.04. The molecule has 0 aliphatic heterocycles. The van der Waals surface area contributed by atoms with Crippen LogP contribution in [0.5, 0.6) is 0 Å². The Kier molecular flexibility index (Phi) is 4.49. The molecule has 0 spiro atoms. The summed E-state index contributed by atoms with van der Waals surface area (Å²) in [7, 11) is 0. The number of carboxylic acids is 1. The van der Waals surface area contributed by atoms with Crippen LogP contribution in [-0.2, 0) is 6.42 Å². The predicted octanol–water partition coefficient (Wildman–Crippen LogP) is 3.37. The first kappa shape index (κ1) is 16.7. The number of para-hydroxylation sites is 1. The molecule has 3 N–H and O–H groups in total. The second-order valence-corrected chi connectivity index (χ2v) is 6.04. The van der Waals surface area contributed by atoms with Crippen LogP contribution in [-0.4, -0.2) is 37.6 Å². The Hall–Kier alpha value is -3.74. The Morgan fingerprint density at radius 2 is 1.93 bits per heavy atom. The lowest BCUT2D eigenvalue weighted by Crippen LogP contribution is -2.08. The molecule has 0 radical (unpaired) electrons. The summed E-state index contributed by atoms with van der Waals surface area (Å²) in [5.74, 6) is -0.514. The van der Waals surface area contributed by atoms with Crippen molar-refractivity contribution in [1.82, 2.24) is 19.9 Å². The van der Waals surface area contributed by atoms with E-state index in [9.17, 15) is 4.79 Å². The maximum absolute atomic E-state index is 11.1. The first-order valence-electron chi connectivity index (χ1n) is 8.52. The summed E-state index contributed by atoms with van der Waals surface area (Å²) in [6, 6.07) is 12.8. The van der Waals surface area contributed by atoms with Gasteiger partial charge in [-0.1, -0.05) is 18.2 Å². The number of nitrogens with one attached hydrogen (secondary N) is 2. The normalized spacial score (nSPS) is 10.8. The summed E-state index contributed by atoms with van der Waals surface area (Å²) in [6.07, 6.45) is 5.94. The second kappa shape index (κ2) is 7.25. The molecule has 7 nitrogen and oxygen atoms in total. The lowest BCUT2D eigenvalue weighted by atomic mass is 10.1. The van der Waals surface area contributed by atoms with Crippen molar-refractivity contribution in [3.05, 3.63) is 72.2 Å². The van der Waals surface area contributed by atoms with Gasteiger partial charge in [0.15, 0.2) is 0 Å². The smallest absolute Gasteiger partial charge is 0.335 e. The van der Waals surface area contributed by atoms with Gasteiger partial charge in [0, 0.05) is 36.0 Å². The molecule has 0 atom stereocenters. The van der Waals surface area contributed by atoms with E-state index in [0.717, 1.165) is 11.9 Å². The number of fused-ring (bicyclic) bond motifs is 1. The van der Waals surface area contributed by atoms with Gasteiger partial charge >= 0.3 is 5.97 Å². The van der Waals surface area contributed by atoms with E-state index in [1.54, 1.807) is 12.3 Å². The zero-order valence-electron chi connectivity index (χ0n) is 14.4. The molecule has 7 heteroatoms. The molecule has 27 heavy (non-hydrogen) atoms. The molecular formula is C20H17N5O2. The summed E-state index contributed by atoms with van der Waals surface area (Å²) >= 11 is 0. The van der Waals surface area contributed by atoms with Crippen molar-refractivity contribution in [2.24, 2.45) is 0 Å². The zero-order valence-corrected chi connectivity index (χ0v) is 14.4. The molecule has 0 saturated carbocycles. The van der Waals surface area contributed by atoms with Crippen LogP contribution < -0.4 is 5.32 Å². The van der Waals surface area contributed by atoms with Crippen molar-refractivity contribution >= 4 is 22.8 Å². The van der Waals surface area contributed by atoms with E-state index in [1.165, 1.54) is 29.3 Å². The molecule has 0 aliphatic rings. The third-order valence-corrected chi connectivity index (χ3v) is 4.28. The van der Waals surface area contributed by atoms with Gasteiger partial charge in [-0.15, -0.1) is 0 Å². The van der Waals surface area contributed by atoms with Gasteiger partial charge in [-0.2, -0.15) is 0 Å². The van der Waals surface area contributed by atoms with E-state index in [4.69, 9.17) is 5.11 Å². The fourth-order valence-electron chi connectivity index (χ4n) is 2.94. The molecule has 0 saturated heterocycles. The number of benzene rings is 1. The lowest BCUT2D eigenvalue weighted by molar-refractivity contribution is 0.0697. The van der Waals surface area contributed by atoms with Crippen LogP contribution >= 0.6 is 0 Å². The number of aromatic nitrogens is 4.